The summed E-state index contributed by atoms with van der Waals surface area (Å²) in [7, 11) is 1.85. The van der Waals surface area contributed by atoms with Crippen molar-refractivity contribution in [1.82, 2.24) is 19.4 Å². The Morgan fingerprint density at radius 3 is 3.00 bits per heavy atom. The molecule has 0 aliphatic carbocycles. The highest BCUT2D eigenvalue weighted by Gasteiger charge is 2.10. The maximum Gasteiger partial charge on any atom is 0.117 e. The molecule has 0 aliphatic rings. The van der Waals surface area contributed by atoms with Crippen LogP contribution < -0.4 is 5.73 Å². The first-order valence-electron chi connectivity index (χ1n) is 4.19. The van der Waals surface area contributed by atoms with E-state index in [1.165, 1.54) is 11.0 Å². The van der Waals surface area contributed by atoms with Gasteiger partial charge in [-0.25, -0.2) is 9.66 Å². The largest absolute Gasteiger partial charge is 0.388 e. The monoisotopic (exact) mass is 268 g/mol. The van der Waals surface area contributed by atoms with Crippen LogP contribution in [0.15, 0.2) is 28.4 Å². The fraction of sp³-hybridized carbons (Fsp3) is 0.125. The number of aromatic nitrogens is 4. The van der Waals surface area contributed by atoms with Crippen LogP contribution in [0.3, 0.4) is 0 Å². The van der Waals surface area contributed by atoms with E-state index in [0.29, 0.717) is 0 Å². The van der Waals surface area contributed by atoms with Crippen LogP contribution in [0.5, 0.6) is 0 Å². The van der Waals surface area contributed by atoms with Crippen LogP contribution in [0.2, 0.25) is 0 Å². The van der Waals surface area contributed by atoms with Crippen LogP contribution in [-0.4, -0.2) is 25.8 Å². The molecule has 2 heterocycles. The summed E-state index contributed by atoms with van der Waals surface area (Å²) < 4.78 is 4.14. The summed E-state index contributed by atoms with van der Waals surface area (Å²) in [6.45, 7) is 0. The number of halogens is 1. The molecule has 0 spiro atoms. The van der Waals surface area contributed by atoms with Crippen molar-refractivity contribution in [3.8, 4) is 11.3 Å². The number of rotatable bonds is 2. The SMILES string of the molecule is Cn1ncc(-c2cn(N=CN)cn2)c1Br. The Labute approximate surface area is 94.5 Å². The number of nitrogens with zero attached hydrogens (tertiary/aromatic N) is 5. The quantitative estimate of drug-likeness (QED) is 0.647. The maximum absolute atomic E-state index is 5.18. The van der Waals surface area contributed by atoms with Gasteiger partial charge in [-0.15, -0.1) is 0 Å². The topological polar surface area (TPSA) is 74.0 Å². The van der Waals surface area contributed by atoms with Gasteiger partial charge in [-0.3, -0.25) is 4.68 Å². The van der Waals surface area contributed by atoms with Crippen LogP contribution in [0.25, 0.3) is 11.3 Å². The standard InChI is InChI=1S/C8H9BrN6/c1-14-8(9)6(2-12-14)7-3-15(5-11-7)13-4-10/h2-5H,1H3,(H2,10,13). The molecule has 78 valence electrons. The summed E-state index contributed by atoms with van der Waals surface area (Å²) in [5.74, 6) is 0. The lowest BCUT2D eigenvalue weighted by molar-refractivity contribution is 0.750. The van der Waals surface area contributed by atoms with E-state index < -0.39 is 0 Å². The highest BCUT2D eigenvalue weighted by atomic mass is 79.9. The highest BCUT2D eigenvalue weighted by Crippen LogP contribution is 2.25. The van der Waals surface area contributed by atoms with Crippen LogP contribution in [0.4, 0.5) is 0 Å². The summed E-state index contributed by atoms with van der Waals surface area (Å²) in [6, 6.07) is 0. The molecule has 0 radical (unpaired) electrons. The van der Waals surface area contributed by atoms with Crippen molar-refractivity contribution < 1.29 is 0 Å². The Morgan fingerprint density at radius 1 is 1.60 bits per heavy atom. The van der Waals surface area contributed by atoms with E-state index in [2.05, 4.69) is 31.1 Å². The second-order valence-corrected chi connectivity index (χ2v) is 3.63. The van der Waals surface area contributed by atoms with E-state index in [1.54, 1.807) is 23.4 Å². The molecule has 0 aromatic carbocycles. The smallest absolute Gasteiger partial charge is 0.117 e. The first kappa shape index (κ1) is 9.91. The molecule has 0 saturated carbocycles. The summed E-state index contributed by atoms with van der Waals surface area (Å²) >= 11 is 3.42. The average molecular weight is 269 g/mol. The molecule has 0 amide bonds. The van der Waals surface area contributed by atoms with E-state index in [9.17, 15) is 0 Å². The molecule has 0 fully saturated rings. The molecule has 0 unspecified atom stereocenters. The number of nitrogens with two attached hydrogens (primary N) is 1. The lowest BCUT2D eigenvalue weighted by Gasteiger charge is -1.93. The van der Waals surface area contributed by atoms with Gasteiger partial charge in [0.2, 0.25) is 0 Å². The Bertz CT molecular complexity index is 497. The summed E-state index contributed by atoms with van der Waals surface area (Å²) in [5.41, 5.74) is 6.89. The molecule has 7 heteroatoms. The van der Waals surface area contributed by atoms with Gasteiger partial charge in [0.25, 0.3) is 0 Å². The average Bonchev–Trinajstić information content (AvgIpc) is 2.77. The normalized spacial score (nSPS) is 11.3. The highest BCUT2D eigenvalue weighted by molar-refractivity contribution is 9.10. The number of imidazole rings is 1. The van der Waals surface area contributed by atoms with Crippen molar-refractivity contribution in [1.29, 1.82) is 0 Å². The first-order chi connectivity index (χ1) is 7.22. The molecular weight excluding hydrogens is 260 g/mol. The fourth-order valence-electron chi connectivity index (χ4n) is 1.19. The molecule has 2 aromatic rings. The summed E-state index contributed by atoms with van der Waals surface area (Å²) in [6.07, 6.45) is 6.30. The van der Waals surface area contributed by atoms with Gasteiger partial charge in [0, 0.05) is 7.05 Å². The van der Waals surface area contributed by atoms with Gasteiger partial charge >= 0.3 is 0 Å². The number of hydrogen-bond donors (Lipinski definition) is 1. The first-order valence-corrected chi connectivity index (χ1v) is 4.98. The van der Waals surface area contributed by atoms with Gasteiger partial charge in [-0.1, -0.05) is 0 Å². The lowest BCUT2D eigenvalue weighted by Crippen LogP contribution is -1.92. The minimum Gasteiger partial charge on any atom is -0.388 e. The Balaban J connectivity index is 2.41. The van der Waals surface area contributed by atoms with Crippen LogP contribution in [0, 0.1) is 0 Å². The zero-order chi connectivity index (χ0) is 10.8. The van der Waals surface area contributed by atoms with Gasteiger partial charge in [-0.2, -0.15) is 10.2 Å². The molecule has 2 N–H and O–H groups in total. The minimum absolute atomic E-state index is 0.792. The Morgan fingerprint density at radius 2 is 2.40 bits per heavy atom. The van der Waals surface area contributed by atoms with Crippen molar-refractivity contribution in [2.75, 3.05) is 0 Å². The molecule has 2 aromatic heterocycles. The Hall–Kier alpha value is -1.63. The minimum atomic E-state index is 0.792. The molecule has 0 aliphatic heterocycles. The molecule has 15 heavy (non-hydrogen) atoms. The van der Waals surface area contributed by atoms with Crippen LogP contribution >= 0.6 is 15.9 Å². The number of aryl methyl sites for hydroxylation is 1. The van der Waals surface area contributed by atoms with E-state index >= 15 is 0 Å². The zero-order valence-electron chi connectivity index (χ0n) is 8.00. The number of hydrogen-bond acceptors (Lipinski definition) is 3. The van der Waals surface area contributed by atoms with Crippen molar-refractivity contribution in [3.63, 3.8) is 0 Å². The van der Waals surface area contributed by atoms with Crippen molar-refractivity contribution in [3.05, 3.63) is 23.3 Å². The van der Waals surface area contributed by atoms with Crippen molar-refractivity contribution in [2.24, 2.45) is 17.9 Å². The summed E-state index contributed by atoms with van der Waals surface area (Å²) in [4.78, 5) is 4.19. The third kappa shape index (κ3) is 1.78. The molecule has 6 nitrogen and oxygen atoms in total. The van der Waals surface area contributed by atoms with E-state index in [0.717, 1.165) is 15.9 Å². The van der Waals surface area contributed by atoms with Gasteiger partial charge in [0.05, 0.1) is 23.7 Å². The molecule has 0 saturated heterocycles. The third-order valence-electron chi connectivity index (χ3n) is 1.91. The zero-order valence-corrected chi connectivity index (χ0v) is 9.59. The molecule has 2 rings (SSSR count). The van der Waals surface area contributed by atoms with Gasteiger partial charge in [0.15, 0.2) is 0 Å². The maximum atomic E-state index is 5.18. The van der Waals surface area contributed by atoms with Gasteiger partial charge < -0.3 is 5.73 Å². The van der Waals surface area contributed by atoms with E-state index in [4.69, 9.17) is 5.73 Å². The second kappa shape index (κ2) is 3.85. The van der Waals surface area contributed by atoms with Gasteiger partial charge in [-0.05, 0) is 15.9 Å². The third-order valence-corrected chi connectivity index (χ3v) is 2.85. The van der Waals surface area contributed by atoms with Gasteiger partial charge in [0.1, 0.15) is 17.3 Å². The predicted octanol–water partition coefficient (Wildman–Crippen LogP) is 0.796. The molecular formula is C8H9BrN6. The second-order valence-electron chi connectivity index (χ2n) is 2.88. The lowest BCUT2D eigenvalue weighted by atomic mass is 10.3. The van der Waals surface area contributed by atoms with E-state index in [1.807, 2.05) is 7.05 Å². The van der Waals surface area contributed by atoms with E-state index in [-0.39, 0.29) is 0 Å². The summed E-state index contributed by atoms with van der Waals surface area (Å²) in [5, 5.41) is 7.96. The van der Waals surface area contributed by atoms with Crippen LogP contribution in [-0.2, 0) is 7.05 Å². The fourth-order valence-corrected chi connectivity index (χ4v) is 1.58. The molecule has 0 bridgehead atoms. The predicted molar refractivity (Wildman–Crippen MR) is 60.2 cm³/mol. The Kier molecular flexibility index (Phi) is 2.55. The van der Waals surface area contributed by atoms with Crippen LogP contribution in [0.1, 0.15) is 0 Å². The van der Waals surface area contributed by atoms with Crippen molar-refractivity contribution in [2.45, 2.75) is 0 Å². The van der Waals surface area contributed by atoms with Crippen molar-refractivity contribution >= 4 is 22.3 Å². The molecule has 0 atom stereocenters.